The first-order chi connectivity index (χ1) is 9.72. The predicted molar refractivity (Wildman–Crippen MR) is 81.9 cm³/mol. The number of hydrogen-bond donors (Lipinski definition) is 1. The van der Waals surface area contributed by atoms with Crippen molar-refractivity contribution in [2.45, 2.75) is 39.3 Å². The zero-order valence-corrected chi connectivity index (χ0v) is 12.9. The molecule has 0 aromatic carbocycles. The molecule has 0 spiro atoms. The Bertz CT molecular complexity index is 410. The molecular weight excluding hydrogens is 250 g/mol. The lowest BCUT2D eigenvalue weighted by Crippen LogP contribution is -2.48. The molecule has 4 heteroatoms. The third-order valence-corrected chi connectivity index (χ3v) is 4.06. The molecule has 4 nitrogen and oxygen atoms in total. The van der Waals surface area contributed by atoms with Crippen molar-refractivity contribution >= 4 is 0 Å². The number of piperidine rings is 1. The first-order valence-electron chi connectivity index (χ1n) is 7.67. The lowest BCUT2D eigenvalue weighted by atomic mass is 9.93. The van der Waals surface area contributed by atoms with Gasteiger partial charge in [-0.3, -0.25) is 4.90 Å². The molecule has 20 heavy (non-hydrogen) atoms. The Labute approximate surface area is 122 Å². The standard InChI is InChI=1S/C16H27N3O/c1-4-7-17-15-6-9-19(11-13(15)2)12-14-5-8-18-16(10-14)20-3/h5,8,10,13,15,17H,4,6-7,9,11-12H2,1-3H3. The van der Waals surface area contributed by atoms with Crippen LogP contribution in [0.5, 0.6) is 5.88 Å². The Balaban J connectivity index is 1.86. The van der Waals surface area contributed by atoms with E-state index in [1.807, 2.05) is 12.3 Å². The van der Waals surface area contributed by atoms with E-state index >= 15 is 0 Å². The second-order valence-corrected chi connectivity index (χ2v) is 5.77. The van der Waals surface area contributed by atoms with Crippen molar-refractivity contribution in [3.63, 3.8) is 0 Å². The zero-order chi connectivity index (χ0) is 14.4. The van der Waals surface area contributed by atoms with Crippen molar-refractivity contribution in [2.24, 2.45) is 5.92 Å². The van der Waals surface area contributed by atoms with Gasteiger partial charge in [-0.1, -0.05) is 13.8 Å². The molecule has 1 aromatic heterocycles. The molecule has 112 valence electrons. The molecule has 0 bridgehead atoms. The molecule has 1 aliphatic heterocycles. The predicted octanol–water partition coefficient (Wildman–Crippen LogP) is 2.30. The molecule has 2 rings (SSSR count). The summed E-state index contributed by atoms with van der Waals surface area (Å²) in [6.07, 6.45) is 4.28. The molecular formula is C16H27N3O. The van der Waals surface area contributed by atoms with Gasteiger partial charge in [0.05, 0.1) is 7.11 Å². The highest BCUT2D eigenvalue weighted by Crippen LogP contribution is 2.19. The van der Waals surface area contributed by atoms with E-state index in [-0.39, 0.29) is 0 Å². The maximum atomic E-state index is 5.19. The molecule has 0 amide bonds. The van der Waals surface area contributed by atoms with Crippen LogP contribution in [-0.2, 0) is 6.54 Å². The van der Waals surface area contributed by atoms with Crippen LogP contribution in [0, 0.1) is 5.92 Å². The summed E-state index contributed by atoms with van der Waals surface area (Å²) in [5.41, 5.74) is 1.28. The van der Waals surface area contributed by atoms with Gasteiger partial charge in [-0.15, -0.1) is 0 Å². The van der Waals surface area contributed by atoms with Crippen LogP contribution in [0.4, 0.5) is 0 Å². The smallest absolute Gasteiger partial charge is 0.213 e. The molecule has 0 saturated carbocycles. The third kappa shape index (κ3) is 4.18. The third-order valence-electron chi connectivity index (χ3n) is 4.06. The first-order valence-corrected chi connectivity index (χ1v) is 7.67. The number of aromatic nitrogens is 1. The highest BCUT2D eigenvalue weighted by atomic mass is 16.5. The van der Waals surface area contributed by atoms with Crippen molar-refractivity contribution < 1.29 is 4.74 Å². The van der Waals surface area contributed by atoms with E-state index in [2.05, 4.69) is 35.1 Å². The van der Waals surface area contributed by atoms with Crippen LogP contribution >= 0.6 is 0 Å². The minimum Gasteiger partial charge on any atom is -0.481 e. The highest BCUT2D eigenvalue weighted by Gasteiger charge is 2.25. The van der Waals surface area contributed by atoms with Gasteiger partial charge < -0.3 is 10.1 Å². The van der Waals surface area contributed by atoms with Crippen LogP contribution in [0.25, 0.3) is 0 Å². The molecule has 0 aliphatic carbocycles. The van der Waals surface area contributed by atoms with Crippen molar-refractivity contribution in [3.05, 3.63) is 23.9 Å². The van der Waals surface area contributed by atoms with E-state index in [9.17, 15) is 0 Å². The quantitative estimate of drug-likeness (QED) is 0.866. The minimum atomic E-state index is 0.679. The van der Waals surface area contributed by atoms with Crippen LogP contribution in [0.2, 0.25) is 0 Å². The number of rotatable bonds is 6. The summed E-state index contributed by atoms with van der Waals surface area (Å²) >= 11 is 0. The summed E-state index contributed by atoms with van der Waals surface area (Å²) in [4.78, 5) is 6.69. The Morgan fingerprint density at radius 3 is 3.05 bits per heavy atom. The number of likely N-dealkylation sites (tertiary alicyclic amines) is 1. The summed E-state index contributed by atoms with van der Waals surface area (Å²) in [5, 5.41) is 3.67. The van der Waals surface area contributed by atoms with E-state index in [1.165, 1.54) is 18.4 Å². The molecule has 0 radical (unpaired) electrons. The summed E-state index contributed by atoms with van der Waals surface area (Å²) in [6.45, 7) is 9.03. The van der Waals surface area contributed by atoms with E-state index in [0.29, 0.717) is 17.8 Å². The summed E-state index contributed by atoms with van der Waals surface area (Å²) in [7, 11) is 1.67. The van der Waals surface area contributed by atoms with Crippen LogP contribution in [0.15, 0.2) is 18.3 Å². The van der Waals surface area contributed by atoms with Gasteiger partial charge in [0.1, 0.15) is 0 Å². The Morgan fingerprint density at radius 1 is 1.50 bits per heavy atom. The van der Waals surface area contributed by atoms with Gasteiger partial charge in [-0.05, 0) is 43.5 Å². The molecule has 1 fully saturated rings. The summed E-state index contributed by atoms with van der Waals surface area (Å²) in [6, 6.07) is 4.79. The minimum absolute atomic E-state index is 0.679. The zero-order valence-electron chi connectivity index (χ0n) is 12.9. The van der Waals surface area contributed by atoms with Crippen molar-refractivity contribution in [2.75, 3.05) is 26.7 Å². The normalized spacial score (nSPS) is 23.8. The Morgan fingerprint density at radius 2 is 2.35 bits per heavy atom. The number of hydrogen-bond acceptors (Lipinski definition) is 4. The van der Waals surface area contributed by atoms with Gasteiger partial charge in [0.15, 0.2) is 0 Å². The molecule has 1 N–H and O–H groups in total. The van der Waals surface area contributed by atoms with Gasteiger partial charge in [-0.2, -0.15) is 0 Å². The second-order valence-electron chi connectivity index (χ2n) is 5.77. The molecule has 1 saturated heterocycles. The lowest BCUT2D eigenvalue weighted by molar-refractivity contribution is 0.141. The Kier molecular flexibility index (Phi) is 5.80. The highest BCUT2D eigenvalue weighted by molar-refractivity contribution is 5.20. The maximum Gasteiger partial charge on any atom is 0.213 e. The van der Waals surface area contributed by atoms with Crippen LogP contribution < -0.4 is 10.1 Å². The lowest BCUT2D eigenvalue weighted by Gasteiger charge is -2.37. The molecule has 2 unspecified atom stereocenters. The van der Waals surface area contributed by atoms with Gasteiger partial charge in [0.25, 0.3) is 0 Å². The average Bonchev–Trinajstić information content (AvgIpc) is 2.47. The maximum absolute atomic E-state index is 5.19. The first kappa shape index (κ1) is 15.3. The molecule has 1 aromatic rings. The summed E-state index contributed by atoms with van der Waals surface area (Å²) < 4.78 is 5.19. The van der Waals surface area contributed by atoms with Gasteiger partial charge in [0.2, 0.25) is 5.88 Å². The molecule has 2 heterocycles. The molecule has 2 atom stereocenters. The van der Waals surface area contributed by atoms with Crippen molar-refractivity contribution in [1.29, 1.82) is 0 Å². The number of nitrogens with zero attached hydrogens (tertiary/aromatic N) is 2. The number of ether oxygens (including phenoxy) is 1. The van der Waals surface area contributed by atoms with Crippen LogP contribution in [-0.4, -0.2) is 42.7 Å². The van der Waals surface area contributed by atoms with E-state index in [1.54, 1.807) is 7.11 Å². The monoisotopic (exact) mass is 277 g/mol. The number of methoxy groups -OCH3 is 1. The fraction of sp³-hybridized carbons (Fsp3) is 0.688. The van der Waals surface area contributed by atoms with Crippen molar-refractivity contribution in [3.8, 4) is 5.88 Å². The largest absolute Gasteiger partial charge is 0.481 e. The van der Waals surface area contributed by atoms with Crippen LogP contribution in [0.1, 0.15) is 32.3 Å². The summed E-state index contributed by atoms with van der Waals surface area (Å²) in [5.74, 6) is 1.41. The van der Waals surface area contributed by atoms with Crippen LogP contribution in [0.3, 0.4) is 0 Å². The Hall–Kier alpha value is -1.13. The van der Waals surface area contributed by atoms with E-state index in [0.717, 1.165) is 26.2 Å². The van der Waals surface area contributed by atoms with E-state index < -0.39 is 0 Å². The van der Waals surface area contributed by atoms with Crippen molar-refractivity contribution in [1.82, 2.24) is 15.2 Å². The topological polar surface area (TPSA) is 37.4 Å². The van der Waals surface area contributed by atoms with E-state index in [4.69, 9.17) is 4.74 Å². The van der Waals surface area contributed by atoms with Gasteiger partial charge in [-0.25, -0.2) is 4.98 Å². The SMILES string of the molecule is CCCNC1CCN(Cc2ccnc(OC)c2)CC1C. The van der Waals surface area contributed by atoms with Gasteiger partial charge >= 0.3 is 0 Å². The second kappa shape index (κ2) is 7.60. The fourth-order valence-electron chi connectivity index (χ4n) is 2.93. The number of pyridine rings is 1. The molecule has 1 aliphatic rings. The fourth-order valence-corrected chi connectivity index (χ4v) is 2.93. The van der Waals surface area contributed by atoms with Gasteiger partial charge in [0, 0.05) is 31.4 Å². The average molecular weight is 277 g/mol. The number of nitrogens with one attached hydrogen (secondary N) is 1.